The van der Waals surface area contributed by atoms with Gasteiger partial charge in [-0.15, -0.1) is 0 Å². The van der Waals surface area contributed by atoms with Crippen molar-refractivity contribution in [2.75, 3.05) is 39.3 Å². The Kier molecular flexibility index (Phi) is 4.93. The van der Waals surface area contributed by atoms with E-state index in [1.54, 1.807) is 0 Å². The summed E-state index contributed by atoms with van der Waals surface area (Å²) in [4.78, 5) is 18.0. The first-order valence-corrected chi connectivity index (χ1v) is 12.4. The minimum absolute atomic E-state index is 0.0490. The van der Waals surface area contributed by atoms with Crippen LogP contribution in [-0.4, -0.2) is 66.8 Å². The molecule has 2 aliphatic carbocycles. The van der Waals surface area contributed by atoms with Gasteiger partial charge in [-0.2, -0.15) is 0 Å². The van der Waals surface area contributed by atoms with Gasteiger partial charge in [0.1, 0.15) is 6.10 Å². The van der Waals surface area contributed by atoms with Crippen LogP contribution in [0.3, 0.4) is 0 Å². The highest BCUT2D eigenvalue weighted by molar-refractivity contribution is 5.75. The highest BCUT2D eigenvalue weighted by atomic mass is 16.6. The Hall–Kier alpha value is -1.43. The van der Waals surface area contributed by atoms with E-state index in [1.807, 2.05) is 0 Å². The molecule has 3 saturated heterocycles. The van der Waals surface area contributed by atoms with Gasteiger partial charge in [-0.1, -0.05) is 37.3 Å². The average molecular weight is 425 g/mol. The first-order valence-electron chi connectivity index (χ1n) is 12.4. The second kappa shape index (κ2) is 7.57. The lowest BCUT2D eigenvalue weighted by atomic mass is 9.53. The van der Waals surface area contributed by atoms with Crippen LogP contribution in [0.5, 0.6) is 0 Å². The highest BCUT2D eigenvalue weighted by Gasteiger charge is 2.65. The molecule has 2 saturated carbocycles. The fourth-order valence-corrected chi connectivity index (χ4v) is 7.42. The zero-order chi connectivity index (χ0) is 21.1. The summed E-state index contributed by atoms with van der Waals surface area (Å²) in [6.07, 6.45) is 6.03. The highest BCUT2D eigenvalue weighted by Crippen LogP contribution is 2.62. The first kappa shape index (κ1) is 20.2. The summed E-state index contributed by atoms with van der Waals surface area (Å²) in [5, 5.41) is 0. The third-order valence-corrected chi connectivity index (χ3v) is 9.25. The van der Waals surface area contributed by atoms with Crippen LogP contribution in [0.1, 0.15) is 44.6 Å². The molecule has 6 atom stereocenters. The van der Waals surface area contributed by atoms with Gasteiger partial charge >= 0.3 is 5.97 Å². The van der Waals surface area contributed by atoms with Crippen molar-refractivity contribution in [2.24, 2.45) is 23.2 Å². The van der Waals surface area contributed by atoms with E-state index >= 15 is 0 Å². The van der Waals surface area contributed by atoms with Crippen molar-refractivity contribution in [3.05, 3.63) is 35.9 Å². The lowest BCUT2D eigenvalue weighted by Gasteiger charge is -2.51. The Morgan fingerprint density at radius 2 is 1.81 bits per heavy atom. The molecule has 5 nitrogen and oxygen atoms in total. The van der Waals surface area contributed by atoms with E-state index in [0.29, 0.717) is 11.8 Å². The minimum atomic E-state index is 0.0490. The molecular formula is C26H36N2O3. The second-order valence-electron chi connectivity index (χ2n) is 11.2. The van der Waals surface area contributed by atoms with Crippen LogP contribution in [0.25, 0.3) is 0 Å². The predicted octanol–water partition coefficient (Wildman–Crippen LogP) is 3.33. The maximum absolute atomic E-state index is 12.9. The van der Waals surface area contributed by atoms with E-state index < -0.39 is 0 Å². The summed E-state index contributed by atoms with van der Waals surface area (Å²) < 4.78 is 12.1. The van der Waals surface area contributed by atoms with Crippen molar-refractivity contribution in [3.63, 3.8) is 0 Å². The lowest BCUT2D eigenvalue weighted by molar-refractivity contribution is -0.147. The SMILES string of the molecule is C[C@]12CCCC3(CO3)C1C[C@@H]1C(CN3CCN(Cc4ccccc4)CC3)C(=O)O[C@@H]1C2. The summed E-state index contributed by atoms with van der Waals surface area (Å²) >= 11 is 0. The molecule has 0 bridgehead atoms. The molecule has 1 spiro atoms. The van der Waals surface area contributed by atoms with Gasteiger partial charge < -0.3 is 9.47 Å². The molecule has 31 heavy (non-hydrogen) atoms. The Morgan fingerprint density at radius 3 is 2.55 bits per heavy atom. The number of carbonyl (C=O) groups excluding carboxylic acids is 1. The first-order chi connectivity index (χ1) is 15.0. The molecule has 5 aliphatic rings. The number of carbonyl (C=O) groups is 1. The van der Waals surface area contributed by atoms with Crippen molar-refractivity contribution in [1.82, 2.24) is 9.80 Å². The molecule has 5 heteroatoms. The second-order valence-corrected chi connectivity index (χ2v) is 11.2. The molecular weight excluding hydrogens is 388 g/mol. The Morgan fingerprint density at radius 1 is 1.06 bits per heavy atom. The number of fused-ring (bicyclic) bond motifs is 3. The normalized spacial score (nSPS) is 42.8. The fraction of sp³-hybridized carbons (Fsp3) is 0.731. The van der Waals surface area contributed by atoms with Gasteiger partial charge in [0.25, 0.3) is 0 Å². The summed E-state index contributed by atoms with van der Waals surface area (Å²) in [6.45, 7) is 9.50. The van der Waals surface area contributed by atoms with Crippen LogP contribution < -0.4 is 0 Å². The smallest absolute Gasteiger partial charge is 0.310 e. The van der Waals surface area contributed by atoms with Gasteiger partial charge in [0.15, 0.2) is 0 Å². The van der Waals surface area contributed by atoms with Gasteiger partial charge in [0.2, 0.25) is 0 Å². The van der Waals surface area contributed by atoms with Crippen LogP contribution in [-0.2, 0) is 20.8 Å². The summed E-state index contributed by atoms with van der Waals surface area (Å²) in [6, 6.07) is 10.7. The van der Waals surface area contributed by atoms with E-state index in [0.717, 1.165) is 58.7 Å². The zero-order valence-corrected chi connectivity index (χ0v) is 18.8. The van der Waals surface area contributed by atoms with Crippen molar-refractivity contribution in [1.29, 1.82) is 0 Å². The van der Waals surface area contributed by atoms with Gasteiger partial charge in [0, 0.05) is 45.2 Å². The number of epoxide rings is 1. The van der Waals surface area contributed by atoms with Gasteiger partial charge in [-0.25, -0.2) is 0 Å². The van der Waals surface area contributed by atoms with Crippen LogP contribution in [0.4, 0.5) is 0 Å². The van der Waals surface area contributed by atoms with E-state index in [2.05, 4.69) is 47.1 Å². The molecule has 3 heterocycles. The number of nitrogens with zero attached hydrogens (tertiary/aromatic N) is 2. The van der Waals surface area contributed by atoms with Crippen molar-refractivity contribution in [2.45, 2.75) is 57.3 Å². The summed E-state index contributed by atoms with van der Waals surface area (Å²) in [7, 11) is 0. The maximum Gasteiger partial charge on any atom is 0.310 e. The molecule has 168 valence electrons. The summed E-state index contributed by atoms with van der Waals surface area (Å²) in [5.74, 6) is 1.10. The van der Waals surface area contributed by atoms with E-state index in [-0.39, 0.29) is 29.0 Å². The molecule has 1 aromatic rings. The van der Waals surface area contributed by atoms with E-state index in [9.17, 15) is 4.79 Å². The molecule has 0 radical (unpaired) electrons. The van der Waals surface area contributed by atoms with E-state index in [1.165, 1.54) is 24.8 Å². The summed E-state index contributed by atoms with van der Waals surface area (Å²) in [5.41, 5.74) is 1.80. The zero-order valence-electron chi connectivity index (χ0n) is 18.8. The van der Waals surface area contributed by atoms with Crippen LogP contribution in [0.15, 0.2) is 30.3 Å². The molecule has 5 fully saturated rings. The third-order valence-electron chi connectivity index (χ3n) is 9.25. The van der Waals surface area contributed by atoms with Gasteiger partial charge in [0.05, 0.1) is 18.1 Å². The van der Waals surface area contributed by atoms with Crippen LogP contribution in [0, 0.1) is 23.2 Å². The van der Waals surface area contributed by atoms with Crippen molar-refractivity contribution in [3.8, 4) is 0 Å². The maximum atomic E-state index is 12.9. The largest absolute Gasteiger partial charge is 0.462 e. The Bertz CT molecular complexity index is 817. The van der Waals surface area contributed by atoms with Crippen LogP contribution >= 0.6 is 0 Å². The number of piperazine rings is 1. The number of benzene rings is 1. The Balaban J connectivity index is 1.08. The predicted molar refractivity (Wildman–Crippen MR) is 118 cm³/mol. The quantitative estimate of drug-likeness (QED) is 0.548. The standard InChI is InChI=1S/C26H36N2O3/c1-25-8-5-9-26(18-30-26)23(25)14-20-21(24(29)31-22(20)15-25)17-28-12-10-27(11-13-28)16-19-6-3-2-4-7-19/h2-4,6-7,20-23H,5,8-18H2,1H3/t20-,21?,22-,23?,25-,26?/m1/s1. The molecule has 0 amide bonds. The molecule has 3 unspecified atom stereocenters. The number of rotatable bonds is 4. The molecule has 1 aromatic carbocycles. The number of hydrogen-bond acceptors (Lipinski definition) is 5. The number of hydrogen-bond donors (Lipinski definition) is 0. The number of esters is 1. The third kappa shape index (κ3) is 3.63. The van der Waals surface area contributed by atoms with Crippen LogP contribution in [0.2, 0.25) is 0 Å². The van der Waals surface area contributed by atoms with Crippen molar-refractivity contribution >= 4 is 5.97 Å². The number of ether oxygens (including phenoxy) is 2. The molecule has 3 aliphatic heterocycles. The lowest BCUT2D eigenvalue weighted by Crippen LogP contribution is -2.52. The van der Waals surface area contributed by atoms with Crippen molar-refractivity contribution < 1.29 is 14.3 Å². The topological polar surface area (TPSA) is 45.3 Å². The molecule has 0 N–H and O–H groups in total. The molecule has 0 aromatic heterocycles. The van der Waals surface area contributed by atoms with Gasteiger partial charge in [-0.3, -0.25) is 14.6 Å². The molecule has 6 rings (SSSR count). The monoisotopic (exact) mass is 424 g/mol. The average Bonchev–Trinajstić information content (AvgIpc) is 3.47. The Labute approximate surface area is 186 Å². The van der Waals surface area contributed by atoms with Gasteiger partial charge in [-0.05, 0) is 49.0 Å². The van der Waals surface area contributed by atoms with E-state index in [4.69, 9.17) is 9.47 Å². The fourth-order valence-electron chi connectivity index (χ4n) is 7.42. The minimum Gasteiger partial charge on any atom is -0.462 e.